The van der Waals surface area contributed by atoms with Gasteiger partial charge in [-0.3, -0.25) is 9.36 Å². The van der Waals surface area contributed by atoms with E-state index in [0.29, 0.717) is 11.6 Å². The van der Waals surface area contributed by atoms with Gasteiger partial charge in [0, 0.05) is 6.07 Å². The van der Waals surface area contributed by atoms with Gasteiger partial charge in [-0.2, -0.15) is 8.78 Å². The average molecular weight is 383 g/mol. The fourth-order valence-electron chi connectivity index (χ4n) is 2.33. The van der Waals surface area contributed by atoms with E-state index in [2.05, 4.69) is 10.3 Å². The Labute approximate surface area is 150 Å². The number of aromatic nitrogens is 2. The first-order valence-corrected chi connectivity index (χ1v) is 8.42. The highest BCUT2D eigenvalue weighted by molar-refractivity contribution is 8.00. The van der Waals surface area contributed by atoms with Gasteiger partial charge in [-0.25, -0.2) is 13.8 Å². The molecule has 1 N–H and O–H groups in total. The SMILES string of the molecule is CC(Sc1nc2ccccc2n1C(F)F)C(=O)Nc1ccc(F)cc1F. The van der Waals surface area contributed by atoms with Crippen molar-refractivity contribution < 1.29 is 22.4 Å². The predicted molar refractivity (Wildman–Crippen MR) is 91.3 cm³/mol. The fraction of sp³-hybridized carbons (Fsp3) is 0.176. The number of carbonyl (C=O) groups is 1. The Morgan fingerprint density at radius 2 is 1.92 bits per heavy atom. The summed E-state index contributed by atoms with van der Waals surface area (Å²) in [4.78, 5) is 16.4. The minimum atomic E-state index is -2.82. The molecule has 0 radical (unpaired) electrons. The highest BCUT2D eigenvalue weighted by Gasteiger charge is 2.23. The second-order valence-electron chi connectivity index (χ2n) is 5.40. The second-order valence-corrected chi connectivity index (χ2v) is 6.71. The zero-order chi connectivity index (χ0) is 18.8. The lowest BCUT2D eigenvalue weighted by molar-refractivity contribution is -0.115. The number of alkyl halides is 2. The Morgan fingerprint density at radius 1 is 1.19 bits per heavy atom. The molecule has 1 heterocycles. The molecule has 1 unspecified atom stereocenters. The number of nitrogens with one attached hydrogen (secondary N) is 1. The molecule has 0 aliphatic carbocycles. The summed E-state index contributed by atoms with van der Waals surface area (Å²) in [5.41, 5.74) is 0.445. The molecule has 1 atom stereocenters. The van der Waals surface area contributed by atoms with E-state index >= 15 is 0 Å². The number of hydrogen-bond acceptors (Lipinski definition) is 3. The zero-order valence-corrected chi connectivity index (χ0v) is 14.2. The largest absolute Gasteiger partial charge is 0.323 e. The molecular weight excluding hydrogens is 370 g/mol. The van der Waals surface area contributed by atoms with Crippen LogP contribution >= 0.6 is 11.8 Å². The number of amides is 1. The van der Waals surface area contributed by atoms with Crippen molar-refractivity contribution in [2.24, 2.45) is 0 Å². The normalized spacial score (nSPS) is 12.5. The van der Waals surface area contributed by atoms with E-state index in [0.717, 1.165) is 28.5 Å². The number of imidazole rings is 1. The third-order valence-corrected chi connectivity index (χ3v) is 4.67. The van der Waals surface area contributed by atoms with E-state index in [9.17, 15) is 22.4 Å². The smallest absolute Gasteiger partial charge is 0.321 e. The molecule has 0 aliphatic rings. The number of rotatable bonds is 5. The van der Waals surface area contributed by atoms with E-state index in [1.165, 1.54) is 13.0 Å². The van der Waals surface area contributed by atoms with Crippen LogP contribution in [0.15, 0.2) is 47.6 Å². The summed E-state index contributed by atoms with van der Waals surface area (Å²) in [7, 11) is 0. The number of benzene rings is 2. The molecule has 0 aliphatic heterocycles. The van der Waals surface area contributed by atoms with Gasteiger partial charge in [0.15, 0.2) is 5.16 Å². The molecule has 1 aromatic heterocycles. The van der Waals surface area contributed by atoms with E-state index in [1.807, 2.05) is 0 Å². The first kappa shape index (κ1) is 18.2. The van der Waals surface area contributed by atoms with Crippen LogP contribution in [0.1, 0.15) is 13.5 Å². The van der Waals surface area contributed by atoms with E-state index in [-0.39, 0.29) is 16.4 Å². The molecule has 136 valence electrons. The lowest BCUT2D eigenvalue weighted by atomic mass is 10.3. The van der Waals surface area contributed by atoms with Crippen molar-refractivity contribution >= 4 is 34.4 Å². The van der Waals surface area contributed by atoms with Crippen LogP contribution in [0.3, 0.4) is 0 Å². The second kappa shape index (κ2) is 7.36. The van der Waals surface area contributed by atoms with Gasteiger partial charge < -0.3 is 5.32 Å². The Balaban J connectivity index is 1.81. The summed E-state index contributed by atoms with van der Waals surface area (Å²) in [6.45, 7) is -1.34. The molecule has 0 saturated carbocycles. The summed E-state index contributed by atoms with van der Waals surface area (Å²) in [6, 6.07) is 9.14. The molecule has 0 fully saturated rings. The van der Waals surface area contributed by atoms with Gasteiger partial charge in [0.2, 0.25) is 5.91 Å². The molecular formula is C17H13F4N3OS. The first-order valence-electron chi connectivity index (χ1n) is 7.54. The van der Waals surface area contributed by atoms with Gasteiger partial charge >= 0.3 is 6.55 Å². The Kier molecular flexibility index (Phi) is 5.17. The topological polar surface area (TPSA) is 46.9 Å². The Hall–Kier alpha value is -2.55. The van der Waals surface area contributed by atoms with Gasteiger partial charge in [0.25, 0.3) is 0 Å². The Morgan fingerprint density at radius 3 is 2.62 bits per heavy atom. The summed E-state index contributed by atoms with van der Waals surface area (Å²) < 4.78 is 54.1. The Bertz CT molecular complexity index is 960. The zero-order valence-electron chi connectivity index (χ0n) is 13.4. The van der Waals surface area contributed by atoms with Crippen LogP contribution in [0.2, 0.25) is 0 Å². The number of para-hydroxylation sites is 2. The standard InChI is InChI=1S/C17H13F4N3OS/c1-9(15(25)22-12-7-6-10(18)8-11(12)19)26-17-23-13-4-2-3-5-14(13)24(17)16(20)21/h2-9,16H,1H3,(H,22,25). The molecule has 4 nitrogen and oxygen atoms in total. The number of nitrogens with zero attached hydrogens (tertiary/aromatic N) is 2. The van der Waals surface area contributed by atoms with Gasteiger partial charge in [0.05, 0.1) is 22.0 Å². The van der Waals surface area contributed by atoms with Crippen LogP contribution in [0, 0.1) is 11.6 Å². The molecule has 1 amide bonds. The first-order chi connectivity index (χ1) is 12.4. The van der Waals surface area contributed by atoms with Crippen molar-refractivity contribution in [2.45, 2.75) is 23.9 Å². The highest BCUT2D eigenvalue weighted by atomic mass is 32.2. The van der Waals surface area contributed by atoms with Crippen LogP contribution in [0.4, 0.5) is 23.2 Å². The quantitative estimate of drug-likeness (QED) is 0.507. The van der Waals surface area contributed by atoms with Crippen molar-refractivity contribution in [1.82, 2.24) is 9.55 Å². The third kappa shape index (κ3) is 3.67. The third-order valence-electron chi connectivity index (χ3n) is 3.60. The number of carbonyl (C=O) groups excluding carboxylic acids is 1. The molecule has 3 aromatic rings. The van der Waals surface area contributed by atoms with Crippen molar-refractivity contribution in [2.75, 3.05) is 5.32 Å². The minimum absolute atomic E-state index is 0.0246. The lowest BCUT2D eigenvalue weighted by Gasteiger charge is -2.13. The molecule has 26 heavy (non-hydrogen) atoms. The summed E-state index contributed by atoms with van der Waals surface area (Å²) in [5.74, 6) is -2.31. The van der Waals surface area contributed by atoms with Crippen LogP contribution in [-0.2, 0) is 4.79 Å². The maximum absolute atomic E-state index is 13.6. The highest BCUT2D eigenvalue weighted by Crippen LogP contribution is 2.31. The van der Waals surface area contributed by atoms with Crippen molar-refractivity contribution in [3.05, 3.63) is 54.1 Å². The number of halogens is 4. The average Bonchev–Trinajstić information content (AvgIpc) is 2.95. The number of anilines is 1. The lowest BCUT2D eigenvalue weighted by Crippen LogP contribution is -2.23. The van der Waals surface area contributed by atoms with E-state index in [4.69, 9.17) is 0 Å². The van der Waals surface area contributed by atoms with Crippen molar-refractivity contribution in [3.63, 3.8) is 0 Å². The number of hydrogen-bond donors (Lipinski definition) is 1. The maximum atomic E-state index is 13.6. The monoisotopic (exact) mass is 383 g/mol. The van der Waals surface area contributed by atoms with Gasteiger partial charge in [-0.05, 0) is 31.2 Å². The minimum Gasteiger partial charge on any atom is -0.323 e. The van der Waals surface area contributed by atoms with Gasteiger partial charge in [-0.1, -0.05) is 23.9 Å². The summed E-state index contributed by atoms with van der Waals surface area (Å²) in [5, 5.41) is 1.45. The molecule has 0 bridgehead atoms. The fourth-order valence-corrected chi connectivity index (χ4v) is 3.26. The van der Waals surface area contributed by atoms with Crippen LogP contribution in [0.5, 0.6) is 0 Å². The predicted octanol–water partition coefficient (Wildman–Crippen LogP) is 4.83. The number of fused-ring (bicyclic) bond motifs is 1. The van der Waals surface area contributed by atoms with Gasteiger partial charge in [0.1, 0.15) is 11.6 Å². The van der Waals surface area contributed by atoms with Crippen molar-refractivity contribution in [1.29, 1.82) is 0 Å². The molecule has 0 spiro atoms. The molecule has 9 heteroatoms. The summed E-state index contributed by atoms with van der Waals surface area (Å²) >= 11 is 0.824. The molecule has 0 saturated heterocycles. The van der Waals surface area contributed by atoms with Crippen LogP contribution < -0.4 is 5.32 Å². The van der Waals surface area contributed by atoms with Crippen LogP contribution in [-0.4, -0.2) is 20.7 Å². The maximum Gasteiger partial charge on any atom is 0.321 e. The van der Waals surface area contributed by atoms with Crippen LogP contribution in [0.25, 0.3) is 11.0 Å². The van der Waals surface area contributed by atoms with Crippen molar-refractivity contribution in [3.8, 4) is 0 Å². The van der Waals surface area contributed by atoms with E-state index in [1.54, 1.807) is 18.2 Å². The van der Waals surface area contributed by atoms with Gasteiger partial charge in [-0.15, -0.1) is 0 Å². The van der Waals surface area contributed by atoms with E-state index < -0.39 is 29.3 Å². The molecule has 3 rings (SSSR count). The summed E-state index contributed by atoms with van der Waals surface area (Å²) in [6.07, 6.45) is 0. The number of thioether (sulfide) groups is 1. The molecule has 2 aromatic carbocycles.